The molecule has 3 rings (SSSR count). The summed E-state index contributed by atoms with van der Waals surface area (Å²) < 4.78 is 5.72. The van der Waals surface area contributed by atoms with E-state index in [9.17, 15) is 4.79 Å². The third-order valence-electron chi connectivity index (χ3n) is 4.24. The van der Waals surface area contributed by atoms with Gasteiger partial charge in [0.2, 0.25) is 11.8 Å². The van der Waals surface area contributed by atoms with Crippen molar-refractivity contribution in [3.8, 4) is 11.5 Å². The van der Waals surface area contributed by atoms with E-state index in [0.717, 1.165) is 27.9 Å². The van der Waals surface area contributed by atoms with Crippen LogP contribution in [0.3, 0.4) is 0 Å². The van der Waals surface area contributed by atoms with E-state index in [1.54, 1.807) is 0 Å². The summed E-state index contributed by atoms with van der Waals surface area (Å²) in [5, 5.41) is 11.2. The van der Waals surface area contributed by atoms with E-state index in [-0.39, 0.29) is 11.2 Å². The minimum Gasteiger partial charge on any atom is -0.411 e. The second kappa shape index (κ2) is 7.96. The van der Waals surface area contributed by atoms with Gasteiger partial charge in [0.25, 0.3) is 5.22 Å². The summed E-state index contributed by atoms with van der Waals surface area (Å²) in [6.07, 6.45) is 0. The Morgan fingerprint density at radius 1 is 1.04 bits per heavy atom. The molecule has 27 heavy (non-hydrogen) atoms. The van der Waals surface area contributed by atoms with Crippen molar-refractivity contribution < 1.29 is 9.21 Å². The standard InChI is InChI=1S/C21H23N3O2S/c1-12-7-6-8-17(11-12)20-23-24-21(26-20)27-16(5)19(25)22-18-14(3)9-13(2)10-15(18)4/h6-11,16H,1-5H3,(H,22,25)/t16-/m0/s1. The maximum Gasteiger partial charge on any atom is 0.277 e. The van der Waals surface area contributed by atoms with Crippen LogP contribution in [0.2, 0.25) is 0 Å². The van der Waals surface area contributed by atoms with Gasteiger partial charge in [0, 0.05) is 11.3 Å². The molecule has 2 aromatic carbocycles. The van der Waals surface area contributed by atoms with Gasteiger partial charge in [0.15, 0.2) is 0 Å². The molecular formula is C21H23N3O2S. The number of aryl methyl sites for hydroxylation is 4. The number of hydrogen-bond acceptors (Lipinski definition) is 5. The Morgan fingerprint density at radius 2 is 1.74 bits per heavy atom. The summed E-state index contributed by atoms with van der Waals surface area (Å²) in [5.74, 6) is 0.365. The van der Waals surface area contributed by atoms with Crippen molar-refractivity contribution in [3.63, 3.8) is 0 Å². The van der Waals surface area contributed by atoms with Crippen LogP contribution in [0, 0.1) is 27.7 Å². The number of thioether (sulfide) groups is 1. The van der Waals surface area contributed by atoms with Gasteiger partial charge in [-0.05, 0) is 57.9 Å². The minimum absolute atomic E-state index is 0.0923. The van der Waals surface area contributed by atoms with Crippen LogP contribution in [-0.2, 0) is 4.79 Å². The predicted molar refractivity (Wildman–Crippen MR) is 109 cm³/mol. The second-order valence-corrected chi connectivity index (χ2v) is 8.06. The van der Waals surface area contributed by atoms with Gasteiger partial charge in [-0.1, -0.05) is 47.2 Å². The summed E-state index contributed by atoms with van der Waals surface area (Å²) >= 11 is 1.25. The third kappa shape index (κ3) is 4.57. The highest BCUT2D eigenvalue weighted by molar-refractivity contribution is 8.00. The van der Waals surface area contributed by atoms with Gasteiger partial charge in [-0.3, -0.25) is 4.79 Å². The molecule has 3 aromatic rings. The largest absolute Gasteiger partial charge is 0.411 e. The van der Waals surface area contributed by atoms with Gasteiger partial charge in [0.05, 0.1) is 5.25 Å². The van der Waals surface area contributed by atoms with E-state index in [1.807, 2.05) is 58.9 Å². The second-order valence-electron chi connectivity index (χ2n) is 6.77. The van der Waals surface area contributed by atoms with Gasteiger partial charge < -0.3 is 9.73 Å². The molecule has 1 aromatic heterocycles. The van der Waals surface area contributed by atoms with Crippen LogP contribution < -0.4 is 5.32 Å². The van der Waals surface area contributed by atoms with Crippen LogP contribution in [0.5, 0.6) is 0 Å². The first kappa shape index (κ1) is 19.2. The zero-order valence-corrected chi connectivity index (χ0v) is 17.0. The van der Waals surface area contributed by atoms with Crippen molar-refractivity contribution in [3.05, 3.63) is 58.7 Å². The molecule has 0 bridgehead atoms. The molecule has 0 saturated carbocycles. The van der Waals surface area contributed by atoms with Crippen LogP contribution in [0.4, 0.5) is 5.69 Å². The lowest BCUT2D eigenvalue weighted by atomic mass is 10.1. The Morgan fingerprint density at radius 3 is 2.41 bits per heavy atom. The Balaban J connectivity index is 1.69. The molecule has 0 aliphatic heterocycles. The monoisotopic (exact) mass is 381 g/mol. The number of amides is 1. The number of anilines is 1. The van der Waals surface area contributed by atoms with Crippen LogP contribution in [0.25, 0.3) is 11.5 Å². The number of carbonyl (C=O) groups is 1. The maximum absolute atomic E-state index is 12.6. The number of benzene rings is 2. The lowest BCUT2D eigenvalue weighted by Crippen LogP contribution is -2.23. The average Bonchev–Trinajstić information content (AvgIpc) is 3.06. The Kier molecular flexibility index (Phi) is 5.65. The zero-order valence-electron chi connectivity index (χ0n) is 16.2. The molecule has 0 aliphatic rings. The molecule has 5 nitrogen and oxygen atoms in total. The summed E-state index contributed by atoms with van der Waals surface area (Å²) in [4.78, 5) is 12.6. The summed E-state index contributed by atoms with van der Waals surface area (Å²) in [5.41, 5.74) is 6.15. The van der Waals surface area contributed by atoms with Crippen molar-refractivity contribution in [2.24, 2.45) is 0 Å². The molecular weight excluding hydrogens is 358 g/mol. The summed E-state index contributed by atoms with van der Waals surface area (Å²) in [7, 11) is 0. The van der Waals surface area contributed by atoms with Gasteiger partial charge in [0.1, 0.15) is 0 Å². The summed E-state index contributed by atoms with van der Waals surface area (Å²) in [6.45, 7) is 9.89. The first-order valence-corrected chi connectivity index (χ1v) is 9.67. The normalized spacial score (nSPS) is 12.0. The van der Waals surface area contributed by atoms with E-state index in [4.69, 9.17) is 4.42 Å². The average molecular weight is 382 g/mol. The molecule has 0 radical (unpaired) electrons. The van der Waals surface area contributed by atoms with Crippen molar-refractivity contribution in [1.29, 1.82) is 0 Å². The Hall–Kier alpha value is -2.60. The van der Waals surface area contributed by atoms with E-state index < -0.39 is 0 Å². The quantitative estimate of drug-likeness (QED) is 0.624. The molecule has 0 aliphatic carbocycles. The lowest BCUT2D eigenvalue weighted by molar-refractivity contribution is -0.115. The van der Waals surface area contributed by atoms with Gasteiger partial charge in [-0.25, -0.2) is 0 Å². The minimum atomic E-state index is -0.365. The number of carbonyl (C=O) groups excluding carboxylic acids is 1. The molecule has 0 fully saturated rings. The van der Waals surface area contributed by atoms with Gasteiger partial charge >= 0.3 is 0 Å². The van der Waals surface area contributed by atoms with Crippen molar-refractivity contribution in [2.45, 2.75) is 45.1 Å². The van der Waals surface area contributed by atoms with Crippen LogP contribution in [0.15, 0.2) is 46.0 Å². The molecule has 1 amide bonds. The highest BCUT2D eigenvalue weighted by Gasteiger charge is 2.20. The predicted octanol–water partition coefficient (Wildman–Crippen LogP) is 5.09. The Bertz CT molecular complexity index is 958. The molecule has 1 heterocycles. The molecule has 0 saturated heterocycles. The maximum atomic E-state index is 12.6. The SMILES string of the molecule is Cc1cccc(-c2nnc(S[C@@H](C)C(=O)Nc3c(C)cc(C)cc3C)o2)c1. The Labute approximate surface area is 163 Å². The van der Waals surface area contributed by atoms with Crippen molar-refractivity contribution in [2.75, 3.05) is 5.32 Å². The fourth-order valence-electron chi connectivity index (χ4n) is 2.96. The van der Waals surface area contributed by atoms with Crippen molar-refractivity contribution >= 4 is 23.4 Å². The molecule has 1 N–H and O–H groups in total. The van der Waals surface area contributed by atoms with E-state index in [2.05, 4.69) is 27.6 Å². The highest BCUT2D eigenvalue weighted by atomic mass is 32.2. The topological polar surface area (TPSA) is 68.0 Å². The molecule has 1 atom stereocenters. The first-order valence-electron chi connectivity index (χ1n) is 8.79. The van der Waals surface area contributed by atoms with Crippen LogP contribution >= 0.6 is 11.8 Å². The smallest absolute Gasteiger partial charge is 0.277 e. The number of aromatic nitrogens is 2. The molecule has 140 valence electrons. The van der Waals surface area contributed by atoms with Crippen LogP contribution in [0.1, 0.15) is 29.2 Å². The third-order valence-corrected chi connectivity index (χ3v) is 5.18. The number of rotatable bonds is 5. The fourth-order valence-corrected chi connectivity index (χ4v) is 3.64. The molecule has 0 unspecified atom stereocenters. The number of hydrogen-bond donors (Lipinski definition) is 1. The summed E-state index contributed by atoms with van der Waals surface area (Å²) in [6, 6.07) is 12.0. The van der Waals surface area contributed by atoms with E-state index >= 15 is 0 Å². The van der Waals surface area contributed by atoms with Gasteiger partial charge in [-0.2, -0.15) is 0 Å². The number of nitrogens with one attached hydrogen (secondary N) is 1. The molecule has 0 spiro atoms. The van der Waals surface area contributed by atoms with E-state index in [0.29, 0.717) is 11.1 Å². The number of nitrogens with zero attached hydrogens (tertiary/aromatic N) is 2. The van der Waals surface area contributed by atoms with Crippen LogP contribution in [-0.4, -0.2) is 21.4 Å². The highest BCUT2D eigenvalue weighted by Crippen LogP contribution is 2.28. The fraction of sp³-hybridized carbons (Fsp3) is 0.286. The van der Waals surface area contributed by atoms with E-state index in [1.165, 1.54) is 17.3 Å². The van der Waals surface area contributed by atoms with Crippen molar-refractivity contribution in [1.82, 2.24) is 10.2 Å². The zero-order chi connectivity index (χ0) is 19.6. The lowest BCUT2D eigenvalue weighted by Gasteiger charge is -2.15. The molecule has 6 heteroatoms. The van der Waals surface area contributed by atoms with Gasteiger partial charge in [-0.15, -0.1) is 10.2 Å². The first-order chi connectivity index (χ1) is 12.8.